The first-order valence-corrected chi connectivity index (χ1v) is 12.5. The van der Waals surface area contributed by atoms with E-state index in [2.05, 4.69) is 13.1 Å². The number of phosphoric acid groups is 3. The zero-order chi connectivity index (χ0) is 23.6. The lowest BCUT2D eigenvalue weighted by Crippen LogP contribution is -2.40. The van der Waals surface area contributed by atoms with Crippen molar-refractivity contribution in [3.05, 3.63) is 33.1 Å². The Bertz CT molecular complexity index is 1070. The number of nitrogens with zero attached hydrogens (tertiary/aromatic N) is 1. The number of aromatic amines is 1. The number of carbonyl (C=O) groups excluding carboxylic acids is 1. The third-order valence-electron chi connectivity index (χ3n) is 3.56. The van der Waals surface area contributed by atoms with Gasteiger partial charge < -0.3 is 29.0 Å². The molecule has 0 spiro atoms. The standard InChI is InChI=1S/C11H17N2O15P3/c1-6(14)26-10-7(13-3-2-9(15)12-11(13)16)4-24-8(10)5-25-30(20,21)28-31(22,23)27-29(17,18)19/h2-3,7-8,10H,4-5H2,1H3,(H,20,21)(H,22,23)(H,12,15,16)(H2,17,18,19)/t7-,8-,10+/m0/s1. The SMILES string of the molecule is CC(=O)O[C@H]1[C@H](COP(=O)(O)OP(=O)(O)OP(=O)(O)O)OC[C@@H]1n1ccc(=O)[nH]c1=O. The minimum absolute atomic E-state index is 0.270. The molecule has 0 radical (unpaired) electrons. The van der Waals surface area contributed by atoms with Crippen LogP contribution in [0.1, 0.15) is 13.0 Å². The maximum atomic E-state index is 12.0. The Labute approximate surface area is 172 Å². The Morgan fingerprint density at radius 1 is 1.19 bits per heavy atom. The van der Waals surface area contributed by atoms with E-state index in [1.54, 1.807) is 0 Å². The molecule has 0 amide bonds. The number of rotatable bonds is 9. The van der Waals surface area contributed by atoms with Gasteiger partial charge in [-0.15, -0.1) is 0 Å². The lowest BCUT2D eigenvalue weighted by Gasteiger charge is -2.24. The molecule has 0 bridgehead atoms. The zero-order valence-electron chi connectivity index (χ0n) is 15.4. The van der Waals surface area contributed by atoms with E-state index in [-0.39, 0.29) is 6.61 Å². The molecule has 176 valence electrons. The lowest BCUT2D eigenvalue weighted by atomic mass is 10.1. The molecular weight excluding hydrogens is 493 g/mol. The van der Waals surface area contributed by atoms with Crippen LogP contribution in [0.25, 0.3) is 0 Å². The fourth-order valence-corrected chi connectivity index (χ4v) is 5.58. The van der Waals surface area contributed by atoms with E-state index < -0.39 is 65.5 Å². The smallest absolute Gasteiger partial charge is 0.457 e. The summed E-state index contributed by atoms with van der Waals surface area (Å²) in [7, 11) is -16.7. The molecule has 31 heavy (non-hydrogen) atoms. The summed E-state index contributed by atoms with van der Waals surface area (Å²) in [5, 5.41) is 0. The average Bonchev–Trinajstić information content (AvgIpc) is 2.91. The van der Waals surface area contributed by atoms with E-state index in [0.29, 0.717) is 0 Å². The van der Waals surface area contributed by atoms with E-state index in [1.807, 2.05) is 4.98 Å². The molecule has 2 heterocycles. The van der Waals surface area contributed by atoms with Crippen molar-refractivity contribution in [2.24, 2.45) is 0 Å². The number of phosphoric ester groups is 1. The number of H-pyrrole nitrogens is 1. The Morgan fingerprint density at radius 3 is 2.39 bits per heavy atom. The van der Waals surface area contributed by atoms with Crippen molar-refractivity contribution in [3.63, 3.8) is 0 Å². The van der Waals surface area contributed by atoms with Gasteiger partial charge in [0.1, 0.15) is 12.1 Å². The van der Waals surface area contributed by atoms with Gasteiger partial charge in [-0.2, -0.15) is 8.62 Å². The highest BCUT2D eigenvalue weighted by atomic mass is 31.3. The van der Waals surface area contributed by atoms with Crippen LogP contribution < -0.4 is 11.2 Å². The van der Waals surface area contributed by atoms with E-state index >= 15 is 0 Å². The van der Waals surface area contributed by atoms with Crippen molar-refractivity contribution in [3.8, 4) is 0 Å². The van der Waals surface area contributed by atoms with E-state index in [4.69, 9.17) is 24.2 Å². The summed E-state index contributed by atoms with van der Waals surface area (Å²) in [6.45, 7) is -0.130. The Hall–Kier alpha value is -1.48. The van der Waals surface area contributed by atoms with Gasteiger partial charge in [0.15, 0.2) is 6.10 Å². The summed E-state index contributed by atoms with van der Waals surface area (Å²) in [4.78, 5) is 72.3. The highest BCUT2D eigenvalue weighted by molar-refractivity contribution is 7.66. The minimum atomic E-state index is -5.71. The molecule has 2 rings (SSSR count). The molecule has 1 aromatic heterocycles. The highest BCUT2D eigenvalue weighted by Gasteiger charge is 2.45. The zero-order valence-corrected chi connectivity index (χ0v) is 18.1. The normalized spacial score (nSPS) is 25.5. The first kappa shape index (κ1) is 25.8. The van der Waals surface area contributed by atoms with Gasteiger partial charge in [0, 0.05) is 19.2 Å². The quantitative estimate of drug-likeness (QED) is 0.192. The van der Waals surface area contributed by atoms with Crippen molar-refractivity contribution < 1.29 is 60.7 Å². The predicted octanol–water partition coefficient (Wildman–Crippen LogP) is -1.25. The molecule has 1 aromatic rings. The first-order chi connectivity index (χ1) is 14.1. The van der Waals surface area contributed by atoms with Crippen molar-refractivity contribution in [1.82, 2.24) is 9.55 Å². The highest BCUT2D eigenvalue weighted by Crippen LogP contribution is 2.66. The molecule has 5 N–H and O–H groups in total. The summed E-state index contributed by atoms with van der Waals surface area (Å²) in [6.07, 6.45) is -1.46. The number of esters is 1. The maximum Gasteiger partial charge on any atom is 0.490 e. The first-order valence-electron chi connectivity index (χ1n) is 7.97. The summed E-state index contributed by atoms with van der Waals surface area (Å²) in [6, 6.07) is 0.0359. The van der Waals surface area contributed by atoms with Crippen LogP contribution in [-0.4, -0.2) is 60.5 Å². The van der Waals surface area contributed by atoms with Crippen LogP contribution in [0.2, 0.25) is 0 Å². The number of ether oxygens (including phenoxy) is 2. The molecule has 0 saturated carbocycles. The Balaban J connectivity index is 2.14. The van der Waals surface area contributed by atoms with Gasteiger partial charge in [-0.3, -0.25) is 23.7 Å². The molecule has 0 aromatic carbocycles. The van der Waals surface area contributed by atoms with Gasteiger partial charge in [-0.05, 0) is 0 Å². The van der Waals surface area contributed by atoms with Crippen LogP contribution in [0.3, 0.4) is 0 Å². The van der Waals surface area contributed by atoms with Crippen molar-refractivity contribution in [1.29, 1.82) is 0 Å². The fourth-order valence-electron chi connectivity index (χ4n) is 2.55. The number of hydrogen-bond acceptors (Lipinski definition) is 11. The Kier molecular flexibility index (Phi) is 7.95. The molecule has 17 nitrogen and oxygen atoms in total. The van der Waals surface area contributed by atoms with Gasteiger partial charge in [0.2, 0.25) is 0 Å². The van der Waals surface area contributed by atoms with Gasteiger partial charge in [-0.25, -0.2) is 18.5 Å². The van der Waals surface area contributed by atoms with Gasteiger partial charge >= 0.3 is 35.1 Å². The van der Waals surface area contributed by atoms with Crippen molar-refractivity contribution in [2.45, 2.75) is 25.2 Å². The molecule has 1 fully saturated rings. The van der Waals surface area contributed by atoms with Gasteiger partial charge in [0.25, 0.3) is 5.56 Å². The summed E-state index contributed by atoms with van der Waals surface area (Å²) < 4.78 is 56.8. The predicted molar refractivity (Wildman–Crippen MR) is 95.5 cm³/mol. The summed E-state index contributed by atoms with van der Waals surface area (Å²) >= 11 is 0. The minimum Gasteiger partial charge on any atom is -0.457 e. The van der Waals surface area contributed by atoms with Gasteiger partial charge in [0.05, 0.1) is 13.2 Å². The number of hydrogen-bond donors (Lipinski definition) is 5. The van der Waals surface area contributed by atoms with Crippen LogP contribution in [0, 0.1) is 0 Å². The summed E-state index contributed by atoms with van der Waals surface area (Å²) in [5.41, 5.74) is -1.54. The molecule has 5 atom stereocenters. The second-order valence-corrected chi connectivity index (χ2v) is 10.3. The van der Waals surface area contributed by atoms with Crippen molar-refractivity contribution in [2.75, 3.05) is 13.2 Å². The topological polar surface area (TPSA) is 250 Å². The second-order valence-electron chi connectivity index (χ2n) is 5.92. The van der Waals surface area contributed by atoms with Crippen LogP contribution in [-0.2, 0) is 41.1 Å². The number of nitrogens with one attached hydrogen (secondary N) is 1. The third kappa shape index (κ3) is 7.86. The second kappa shape index (κ2) is 9.57. The maximum absolute atomic E-state index is 12.0. The van der Waals surface area contributed by atoms with E-state index in [0.717, 1.165) is 23.8 Å². The number of aromatic nitrogens is 2. The molecule has 1 aliphatic rings. The molecule has 1 aliphatic heterocycles. The van der Waals surface area contributed by atoms with E-state index in [1.165, 1.54) is 0 Å². The fraction of sp³-hybridized carbons (Fsp3) is 0.545. The molecule has 20 heteroatoms. The summed E-state index contributed by atoms with van der Waals surface area (Å²) in [5.74, 6) is -0.818. The molecule has 0 aliphatic carbocycles. The largest absolute Gasteiger partial charge is 0.490 e. The van der Waals surface area contributed by atoms with Gasteiger partial charge in [-0.1, -0.05) is 0 Å². The molecule has 1 saturated heterocycles. The van der Waals surface area contributed by atoms with Crippen LogP contribution in [0.15, 0.2) is 21.9 Å². The van der Waals surface area contributed by atoms with Crippen molar-refractivity contribution >= 4 is 29.4 Å². The Morgan fingerprint density at radius 2 is 1.84 bits per heavy atom. The average molecular weight is 510 g/mol. The molecular formula is C11H17N2O15P3. The molecule has 2 unspecified atom stereocenters. The monoisotopic (exact) mass is 510 g/mol. The van der Waals surface area contributed by atoms with Crippen LogP contribution in [0.4, 0.5) is 0 Å². The van der Waals surface area contributed by atoms with E-state index in [9.17, 15) is 33.0 Å². The van der Waals surface area contributed by atoms with Crippen LogP contribution in [0.5, 0.6) is 0 Å². The third-order valence-corrected chi connectivity index (χ3v) is 7.36. The van der Waals surface area contributed by atoms with Crippen LogP contribution >= 0.6 is 23.5 Å². The number of carbonyl (C=O) groups is 1. The lowest BCUT2D eigenvalue weighted by molar-refractivity contribution is -0.151.